The molecule has 1 atom stereocenters. The standard InChI is InChI=1S/C9H14N4OS/c10-9(14)8(7-5-12-6-15-7)13-3-1-11-2-4-13/h5-6,8,11H,1-4H2,(H2,10,14). The van der Waals surface area contributed by atoms with Crippen molar-refractivity contribution in [3.63, 3.8) is 0 Å². The summed E-state index contributed by atoms with van der Waals surface area (Å²) in [5.41, 5.74) is 7.17. The van der Waals surface area contributed by atoms with Crippen LogP contribution in [0.2, 0.25) is 0 Å². The van der Waals surface area contributed by atoms with Crippen molar-refractivity contribution in [1.29, 1.82) is 0 Å². The number of hydrogen-bond acceptors (Lipinski definition) is 5. The minimum atomic E-state index is -0.306. The summed E-state index contributed by atoms with van der Waals surface area (Å²) in [7, 11) is 0. The molecule has 0 saturated carbocycles. The summed E-state index contributed by atoms with van der Waals surface area (Å²) >= 11 is 1.48. The third-order valence-electron chi connectivity index (χ3n) is 2.51. The lowest BCUT2D eigenvalue weighted by molar-refractivity contribution is -0.123. The molecule has 15 heavy (non-hydrogen) atoms. The number of thiazole rings is 1. The largest absolute Gasteiger partial charge is 0.368 e. The van der Waals surface area contributed by atoms with E-state index >= 15 is 0 Å². The maximum absolute atomic E-state index is 11.4. The fourth-order valence-corrected chi connectivity index (χ4v) is 2.56. The highest BCUT2D eigenvalue weighted by Gasteiger charge is 2.27. The van der Waals surface area contributed by atoms with Gasteiger partial charge >= 0.3 is 0 Å². The van der Waals surface area contributed by atoms with E-state index in [4.69, 9.17) is 5.73 Å². The number of carbonyl (C=O) groups is 1. The first kappa shape index (κ1) is 10.5. The normalized spacial score (nSPS) is 20.0. The molecule has 1 aliphatic rings. The maximum Gasteiger partial charge on any atom is 0.240 e. The van der Waals surface area contributed by atoms with Gasteiger partial charge in [-0.25, -0.2) is 0 Å². The van der Waals surface area contributed by atoms with Gasteiger partial charge in [-0.2, -0.15) is 0 Å². The molecular formula is C9H14N4OS. The Hall–Kier alpha value is -0.980. The molecule has 1 aliphatic heterocycles. The zero-order valence-electron chi connectivity index (χ0n) is 8.35. The highest BCUT2D eigenvalue weighted by molar-refractivity contribution is 7.09. The number of nitrogens with zero attached hydrogens (tertiary/aromatic N) is 2. The predicted molar refractivity (Wildman–Crippen MR) is 58.5 cm³/mol. The maximum atomic E-state index is 11.4. The van der Waals surface area contributed by atoms with Gasteiger partial charge in [0.1, 0.15) is 6.04 Å². The Labute approximate surface area is 92.3 Å². The van der Waals surface area contributed by atoms with Gasteiger partial charge in [-0.3, -0.25) is 14.7 Å². The molecule has 3 N–H and O–H groups in total. The van der Waals surface area contributed by atoms with Crippen LogP contribution in [0.15, 0.2) is 11.7 Å². The molecule has 1 fully saturated rings. The SMILES string of the molecule is NC(=O)C(c1cncs1)N1CCNCC1. The number of nitrogens with two attached hydrogens (primary N) is 1. The first-order chi connectivity index (χ1) is 7.29. The van der Waals surface area contributed by atoms with E-state index in [1.165, 1.54) is 11.3 Å². The van der Waals surface area contributed by atoms with E-state index in [0.717, 1.165) is 31.1 Å². The van der Waals surface area contributed by atoms with Crippen LogP contribution >= 0.6 is 11.3 Å². The number of nitrogens with one attached hydrogen (secondary N) is 1. The fourth-order valence-electron chi connectivity index (χ4n) is 1.80. The van der Waals surface area contributed by atoms with Gasteiger partial charge in [0.25, 0.3) is 0 Å². The molecule has 82 valence electrons. The van der Waals surface area contributed by atoms with Gasteiger partial charge < -0.3 is 11.1 Å². The van der Waals surface area contributed by atoms with Crippen LogP contribution < -0.4 is 11.1 Å². The van der Waals surface area contributed by atoms with Gasteiger partial charge in [-0.05, 0) is 0 Å². The highest BCUT2D eigenvalue weighted by Crippen LogP contribution is 2.23. The number of hydrogen-bond donors (Lipinski definition) is 2. The molecule has 1 aromatic rings. The van der Waals surface area contributed by atoms with E-state index in [1.54, 1.807) is 11.7 Å². The monoisotopic (exact) mass is 226 g/mol. The van der Waals surface area contributed by atoms with E-state index in [9.17, 15) is 4.79 Å². The number of aromatic nitrogens is 1. The van der Waals surface area contributed by atoms with Crippen LogP contribution in [0.5, 0.6) is 0 Å². The summed E-state index contributed by atoms with van der Waals surface area (Å²) in [6, 6.07) is -0.306. The number of amides is 1. The van der Waals surface area contributed by atoms with Crippen LogP contribution in [0.4, 0.5) is 0 Å². The average molecular weight is 226 g/mol. The minimum absolute atomic E-state index is 0.291. The van der Waals surface area contributed by atoms with Crippen molar-refractivity contribution in [2.24, 2.45) is 5.73 Å². The van der Waals surface area contributed by atoms with Gasteiger partial charge in [0.05, 0.1) is 10.4 Å². The second kappa shape index (κ2) is 4.69. The van der Waals surface area contributed by atoms with E-state index in [2.05, 4.69) is 15.2 Å². The number of primary amides is 1. The van der Waals surface area contributed by atoms with Gasteiger partial charge in [-0.1, -0.05) is 0 Å². The first-order valence-electron chi connectivity index (χ1n) is 4.91. The summed E-state index contributed by atoms with van der Waals surface area (Å²) in [5.74, 6) is -0.291. The molecule has 5 nitrogen and oxygen atoms in total. The Morgan fingerprint density at radius 2 is 2.33 bits per heavy atom. The van der Waals surface area contributed by atoms with Gasteiger partial charge in [0.15, 0.2) is 0 Å². The zero-order valence-corrected chi connectivity index (χ0v) is 9.17. The van der Waals surface area contributed by atoms with E-state index in [-0.39, 0.29) is 11.9 Å². The van der Waals surface area contributed by atoms with Crippen molar-refractivity contribution in [3.8, 4) is 0 Å². The average Bonchev–Trinajstić information content (AvgIpc) is 2.72. The quantitative estimate of drug-likeness (QED) is 0.734. The lowest BCUT2D eigenvalue weighted by Gasteiger charge is -2.32. The summed E-state index contributed by atoms with van der Waals surface area (Å²) in [6.07, 6.45) is 1.72. The molecule has 6 heteroatoms. The first-order valence-corrected chi connectivity index (χ1v) is 5.79. The van der Waals surface area contributed by atoms with Gasteiger partial charge in [0, 0.05) is 32.4 Å². The number of carbonyl (C=O) groups excluding carboxylic acids is 1. The van der Waals surface area contributed by atoms with Crippen LogP contribution in [0.3, 0.4) is 0 Å². The highest BCUT2D eigenvalue weighted by atomic mass is 32.1. The Morgan fingerprint density at radius 3 is 2.87 bits per heavy atom. The molecule has 0 radical (unpaired) electrons. The second-order valence-corrected chi connectivity index (χ2v) is 4.41. The van der Waals surface area contributed by atoms with E-state index in [0.29, 0.717) is 0 Å². The van der Waals surface area contributed by atoms with Crippen molar-refractivity contribution in [2.75, 3.05) is 26.2 Å². The number of piperazine rings is 1. The summed E-state index contributed by atoms with van der Waals surface area (Å²) in [6.45, 7) is 3.52. The molecule has 0 bridgehead atoms. The van der Waals surface area contributed by atoms with Crippen LogP contribution in [0.25, 0.3) is 0 Å². The molecule has 1 saturated heterocycles. The summed E-state index contributed by atoms with van der Waals surface area (Å²) in [5, 5.41) is 3.25. The number of rotatable bonds is 3. The third kappa shape index (κ3) is 2.34. The van der Waals surface area contributed by atoms with Crippen LogP contribution in [0, 0.1) is 0 Å². The zero-order chi connectivity index (χ0) is 10.7. The molecule has 2 heterocycles. The van der Waals surface area contributed by atoms with Crippen LogP contribution in [-0.4, -0.2) is 42.0 Å². The lowest BCUT2D eigenvalue weighted by Crippen LogP contribution is -2.48. The molecular weight excluding hydrogens is 212 g/mol. The van der Waals surface area contributed by atoms with Gasteiger partial charge in [0.2, 0.25) is 5.91 Å². The third-order valence-corrected chi connectivity index (χ3v) is 3.34. The topological polar surface area (TPSA) is 71.2 Å². The summed E-state index contributed by atoms with van der Waals surface area (Å²) < 4.78 is 0. The molecule has 1 aromatic heterocycles. The van der Waals surface area contributed by atoms with E-state index < -0.39 is 0 Å². The molecule has 2 rings (SSSR count). The van der Waals surface area contributed by atoms with Crippen molar-refractivity contribution in [1.82, 2.24) is 15.2 Å². The Bertz CT molecular complexity index is 321. The van der Waals surface area contributed by atoms with Crippen molar-refractivity contribution in [2.45, 2.75) is 6.04 Å². The smallest absolute Gasteiger partial charge is 0.240 e. The van der Waals surface area contributed by atoms with Crippen LogP contribution in [0.1, 0.15) is 10.9 Å². The minimum Gasteiger partial charge on any atom is -0.368 e. The van der Waals surface area contributed by atoms with Crippen molar-refractivity contribution in [3.05, 3.63) is 16.6 Å². The van der Waals surface area contributed by atoms with Crippen LogP contribution in [-0.2, 0) is 4.79 Å². The second-order valence-electron chi connectivity index (χ2n) is 3.49. The van der Waals surface area contributed by atoms with Gasteiger partial charge in [-0.15, -0.1) is 11.3 Å². The molecule has 0 aromatic carbocycles. The van der Waals surface area contributed by atoms with Crippen molar-refractivity contribution >= 4 is 17.2 Å². The molecule has 0 aliphatic carbocycles. The summed E-state index contributed by atoms with van der Waals surface area (Å²) in [4.78, 5) is 18.5. The molecule has 0 spiro atoms. The Balaban J connectivity index is 2.15. The fraction of sp³-hybridized carbons (Fsp3) is 0.556. The Kier molecular flexibility index (Phi) is 3.30. The van der Waals surface area contributed by atoms with Crippen molar-refractivity contribution < 1.29 is 4.79 Å². The van der Waals surface area contributed by atoms with E-state index in [1.807, 2.05) is 0 Å². The Morgan fingerprint density at radius 1 is 1.60 bits per heavy atom. The molecule has 1 amide bonds. The lowest BCUT2D eigenvalue weighted by atomic mass is 10.2. The molecule has 1 unspecified atom stereocenters. The predicted octanol–water partition coefficient (Wildman–Crippen LogP) is -0.425.